The molecule has 124 valence electrons. The molecule has 0 bridgehead atoms. The number of rotatable bonds is 5. The molecule has 0 aliphatic carbocycles. The lowest BCUT2D eigenvalue weighted by atomic mass is 10.2. The Kier molecular flexibility index (Phi) is 5.39. The zero-order chi connectivity index (χ0) is 17.6. The van der Waals surface area contributed by atoms with Crippen LogP contribution in [0.15, 0.2) is 69.4 Å². The molecule has 0 fully saturated rings. The van der Waals surface area contributed by atoms with Crippen LogP contribution in [0.3, 0.4) is 0 Å². The Balaban J connectivity index is 2.01. The number of hydrogen-bond donors (Lipinski definition) is 0. The number of thiazole rings is 1. The summed E-state index contributed by atoms with van der Waals surface area (Å²) in [5.41, 5.74) is 3.59. The number of aromatic nitrogens is 1. The second-order valence-corrected chi connectivity index (χ2v) is 7.23. The van der Waals surface area contributed by atoms with Crippen LogP contribution in [-0.2, 0) is 0 Å². The molecule has 0 unspecified atom stereocenters. The Morgan fingerprint density at radius 1 is 1.28 bits per heavy atom. The minimum atomic E-state index is 0.580. The van der Waals surface area contributed by atoms with Crippen LogP contribution in [0.5, 0.6) is 0 Å². The van der Waals surface area contributed by atoms with Gasteiger partial charge in [0.05, 0.1) is 35.0 Å². The molecule has 6 heteroatoms. The molecule has 0 saturated heterocycles. The van der Waals surface area contributed by atoms with Crippen molar-refractivity contribution in [1.82, 2.24) is 4.68 Å². The van der Waals surface area contributed by atoms with E-state index in [2.05, 4.69) is 34.2 Å². The molecule has 0 amide bonds. The minimum Gasteiger partial charge on any atom is -0.253 e. The third-order valence-corrected chi connectivity index (χ3v) is 5.05. The molecule has 0 aliphatic rings. The monoisotopic (exact) mass is 364 g/mol. The first-order valence-electron chi connectivity index (χ1n) is 7.61. The second kappa shape index (κ2) is 7.88. The van der Waals surface area contributed by atoms with Crippen LogP contribution < -0.4 is 4.80 Å². The van der Waals surface area contributed by atoms with Crippen LogP contribution in [0.1, 0.15) is 18.1 Å². The fourth-order valence-electron chi connectivity index (χ4n) is 2.08. The predicted octanol–water partition coefficient (Wildman–Crippen LogP) is 4.51. The zero-order valence-corrected chi connectivity index (χ0v) is 15.3. The summed E-state index contributed by atoms with van der Waals surface area (Å²) < 4.78 is 1.86. The highest BCUT2D eigenvalue weighted by atomic mass is 32.1. The van der Waals surface area contributed by atoms with Crippen molar-refractivity contribution in [3.63, 3.8) is 0 Å². The molecule has 1 aromatic carbocycles. The summed E-state index contributed by atoms with van der Waals surface area (Å²) in [6.45, 7) is 6.45. The first-order chi connectivity index (χ1) is 12.2. The molecule has 0 aliphatic heterocycles. The van der Waals surface area contributed by atoms with Crippen LogP contribution in [0, 0.1) is 11.3 Å². The average Bonchev–Trinajstić information content (AvgIpc) is 3.27. The third kappa shape index (κ3) is 4.21. The summed E-state index contributed by atoms with van der Waals surface area (Å²) in [6, 6.07) is 13.5. The molecule has 3 rings (SSSR count). The Morgan fingerprint density at radius 3 is 2.72 bits per heavy atom. The van der Waals surface area contributed by atoms with Gasteiger partial charge < -0.3 is 0 Å². The van der Waals surface area contributed by atoms with E-state index >= 15 is 0 Å². The smallest absolute Gasteiger partial charge is 0.206 e. The summed E-state index contributed by atoms with van der Waals surface area (Å²) in [5.74, 6) is 0. The van der Waals surface area contributed by atoms with E-state index in [1.807, 2.05) is 35.2 Å². The topological polar surface area (TPSA) is 53.4 Å². The van der Waals surface area contributed by atoms with E-state index in [9.17, 15) is 0 Å². The maximum absolute atomic E-state index is 8.89. The Morgan fingerprint density at radius 2 is 2.08 bits per heavy atom. The third-order valence-electron chi connectivity index (χ3n) is 3.31. The Hall–Kier alpha value is -2.75. The molecule has 0 atom stereocenters. The highest BCUT2D eigenvalue weighted by Crippen LogP contribution is 2.25. The lowest BCUT2D eigenvalue weighted by Crippen LogP contribution is -2.12. The van der Waals surface area contributed by atoms with Gasteiger partial charge in [-0.2, -0.15) is 10.4 Å². The van der Waals surface area contributed by atoms with Crippen molar-refractivity contribution < 1.29 is 0 Å². The van der Waals surface area contributed by atoms with Crippen molar-refractivity contribution in [3.05, 3.63) is 75.2 Å². The van der Waals surface area contributed by atoms with Crippen molar-refractivity contribution in [1.29, 1.82) is 5.26 Å². The first-order valence-corrected chi connectivity index (χ1v) is 9.37. The van der Waals surface area contributed by atoms with Crippen molar-refractivity contribution in [2.75, 3.05) is 6.54 Å². The largest absolute Gasteiger partial charge is 0.253 e. The molecule has 2 aromatic heterocycles. The van der Waals surface area contributed by atoms with E-state index in [1.54, 1.807) is 41.0 Å². The van der Waals surface area contributed by atoms with E-state index in [0.29, 0.717) is 12.1 Å². The van der Waals surface area contributed by atoms with Gasteiger partial charge >= 0.3 is 0 Å². The molecule has 0 N–H and O–H groups in total. The van der Waals surface area contributed by atoms with Gasteiger partial charge in [-0.05, 0) is 36.1 Å². The van der Waals surface area contributed by atoms with Crippen LogP contribution in [0.25, 0.3) is 10.6 Å². The number of thiophene rings is 1. The van der Waals surface area contributed by atoms with Gasteiger partial charge in [0.15, 0.2) is 0 Å². The zero-order valence-electron chi connectivity index (χ0n) is 13.7. The molecular formula is C19H16N4S2. The number of benzene rings is 1. The van der Waals surface area contributed by atoms with Gasteiger partial charge in [0.25, 0.3) is 0 Å². The van der Waals surface area contributed by atoms with Crippen LogP contribution in [0.4, 0.5) is 0 Å². The van der Waals surface area contributed by atoms with E-state index in [0.717, 1.165) is 26.5 Å². The summed E-state index contributed by atoms with van der Waals surface area (Å²) in [5, 5.41) is 17.6. The summed E-state index contributed by atoms with van der Waals surface area (Å²) in [4.78, 5) is 6.58. The van der Waals surface area contributed by atoms with Crippen molar-refractivity contribution in [2.45, 2.75) is 6.92 Å². The van der Waals surface area contributed by atoms with Gasteiger partial charge in [-0.3, -0.25) is 4.99 Å². The normalized spacial score (nSPS) is 11.8. The fourth-order valence-corrected chi connectivity index (χ4v) is 3.71. The summed E-state index contributed by atoms with van der Waals surface area (Å²) in [7, 11) is 0. The van der Waals surface area contributed by atoms with Crippen molar-refractivity contribution in [3.8, 4) is 16.6 Å². The molecule has 25 heavy (non-hydrogen) atoms. The van der Waals surface area contributed by atoms with E-state index < -0.39 is 0 Å². The van der Waals surface area contributed by atoms with Crippen molar-refractivity contribution in [2.24, 2.45) is 10.1 Å². The molecule has 2 heterocycles. The number of hydrogen-bond acceptors (Lipinski definition) is 5. The van der Waals surface area contributed by atoms with Crippen LogP contribution in [-0.4, -0.2) is 17.4 Å². The highest BCUT2D eigenvalue weighted by Gasteiger charge is 2.08. The SMILES string of the molecule is C=C(C)CN=c1scc(-c2cccs2)n1N=Cc1ccc(C#N)cc1. The van der Waals surface area contributed by atoms with Gasteiger partial charge in [0, 0.05) is 5.38 Å². The highest BCUT2D eigenvalue weighted by molar-refractivity contribution is 7.14. The Bertz CT molecular complexity index is 997. The maximum Gasteiger partial charge on any atom is 0.206 e. The molecule has 0 spiro atoms. The second-order valence-electron chi connectivity index (χ2n) is 5.44. The van der Waals surface area contributed by atoms with Crippen LogP contribution in [0.2, 0.25) is 0 Å². The molecular weight excluding hydrogens is 348 g/mol. The van der Waals surface area contributed by atoms with Gasteiger partial charge in [0.2, 0.25) is 4.80 Å². The number of nitrogens with zero attached hydrogens (tertiary/aromatic N) is 4. The van der Waals surface area contributed by atoms with Gasteiger partial charge in [-0.1, -0.05) is 30.4 Å². The lowest BCUT2D eigenvalue weighted by Gasteiger charge is -2.01. The van der Waals surface area contributed by atoms with Gasteiger partial charge in [0.1, 0.15) is 0 Å². The first kappa shape index (κ1) is 17.1. The fraction of sp³-hybridized carbons (Fsp3) is 0.105. The average molecular weight is 364 g/mol. The number of nitriles is 1. The molecule has 0 saturated carbocycles. The quantitative estimate of drug-likeness (QED) is 0.485. The van der Waals surface area contributed by atoms with Gasteiger partial charge in [-0.15, -0.1) is 22.7 Å². The van der Waals surface area contributed by atoms with Crippen molar-refractivity contribution >= 4 is 28.9 Å². The molecule has 3 aromatic rings. The van der Waals surface area contributed by atoms with Crippen LogP contribution >= 0.6 is 22.7 Å². The summed E-state index contributed by atoms with van der Waals surface area (Å²) >= 11 is 3.23. The van der Waals surface area contributed by atoms with E-state index in [1.165, 1.54) is 0 Å². The summed E-state index contributed by atoms with van der Waals surface area (Å²) in [6.07, 6.45) is 1.78. The maximum atomic E-state index is 8.89. The van der Waals surface area contributed by atoms with Gasteiger partial charge in [-0.25, -0.2) is 4.68 Å². The molecule has 0 radical (unpaired) electrons. The molecule has 4 nitrogen and oxygen atoms in total. The minimum absolute atomic E-state index is 0.580. The Labute approximate surface area is 154 Å². The van der Waals surface area contributed by atoms with E-state index in [-0.39, 0.29) is 0 Å². The predicted molar refractivity (Wildman–Crippen MR) is 105 cm³/mol. The van der Waals surface area contributed by atoms with E-state index in [4.69, 9.17) is 5.26 Å². The standard InChI is InChI=1S/C19H16N4S2/c1-14(2)11-21-19-23(17(13-25-19)18-4-3-9-24-18)22-12-16-7-5-15(10-20)6-8-16/h3-9,12-13H,1,11H2,2H3. The lowest BCUT2D eigenvalue weighted by molar-refractivity contribution is 0.837.